The first-order valence-corrected chi connectivity index (χ1v) is 15.0. The van der Waals surface area contributed by atoms with Crippen LogP contribution in [0.2, 0.25) is 0 Å². The smallest absolute Gasteiger partial charge is 0.166 e. The van der Waals surface area contributed by atoms with Gasteiger partial charge in [-0.25, -0.2) is 15.0 Å². The van der Waals surface area contributed by atoms with Gasteiger partial charge in [-0.2, -0.15) is 0 Å². The predicted molar refractivity (Wildman–Crippen MR) is 186 cm³/mol. The molecule has 7 aromatic carbocycles. The lowest BCUT2D eigenvalue weighted by atomic mass is 10.0. The molecule has 0 bridgehead atoms. The number of rotatable bonds is 6. The van der Waals surface area contributed by atoms with Gasteiger partial charge in [0.05, 0.1) is 5.69 Å². The zero-order valence-corrected chi connectivity index (χ0v) is 24.5. The third kappa shape index (κ3) is 5.19. The molecule has 212 valence electrons. The fraction of sp³-hybridized carbons (Fsp3) is 0. The van der Waals surface area contributed by atoms with Crippen molar-refractivity contribution in [1.29, 1.82) is 0 Å². The molecular weight excluding hydrogens is 548 g/mol. The summed E-state index contributed by atoms with van der Waals surface area (Å²) in [5, 5.41) is 4.64. The Bertz CT molecular complexity index is 2140. The third-order valence-corrected chi connectivity index (χ3v) is 8.07. The van der Waals surface area contributed by atoms with Crippen LogP contribution in [-0.4, -0.2) is 15.0 Å². The van der Waals surface area contributed by atoms with Crippen LogP contribution in [0.5, 0.6) is 0 Å². The summed E-state index contributed by atoms with van der Waals surface area (Å²) in [5.74, 6) is 1.88. The molecular formula is C41H28N4. The molecule has 0 unspecified atom stereocenters. The second kappa shape index (κ2) is 11.5. The summed E-state index contributed by atoms with van der Waals surface area (Å²) in [6.07, 6.45) is 0. The molecule has 0 aliphatic rings. The highest BCUT2D eigenvalue weighted by Crippen LogP contribution is 2.40. The summed E-state index contributed by atoms with van der Waals surface area (Å²) in [6, 6.07) is 58.6. The lowest BCUT2D eigenvalue weighted by Gasteiger charge is -2.27. The highest BCUT2D eigenvalue weighted by Gasteiger charge is 2.20. The number of nitrogens with zero attached hydrogens (tertiary/aromatic N) is 4. The average Bonchev–Trinajstić information content (AvgIpc) is 3.12. The van der Waals surface area contributed by atoms with E-state index in [2.05, 4.69) is 157 Å². The van der Waals surface area contributed by atoms with E-state index in [0.29, 0.717) is 17.5 Å². The summed E-state index contributed by atoms with van der Waals surface area (Å²) in [6.45, 7) is 0. The molecule has 0 amide bonds. The van der Waals surface area contributed by atoms with Crippen LogP contribution in [-0.2, 0) is 0 Å². The first-order valence-electron chi connectivity index (χ1n) is 15.0. The molecule has 1 aromatic heterocycles. The van der Waals surface area contributed by atoms with Crippen molar-refractivity contribution in [2.24, 2.45) is 0 Å². The van der Waals surface area contributed by atoms with E-state index in [1.807, 2.05) is 18.2 Å². The maximum atomic E-state index is 5.15. The Balaban J connectivity index is 1.36. The molecule has 0 fully saturated rings. The molecule has 0 N–H and O–H groups in total. The van der Waals surface area contributed by atoms with Crippen molar-refractivity contribution in [2.45, 2.75) is 0 Å². The minimum atomic E-state index is 0.615. The SMILES string of the molecule is c1ccc(N(c2ccccc2)c2ccccc2-c2nc(-c3ccc4ccccc4c3)nc(-c3ccc4ccccc4c3)n2)cc1. The number of hydrogen-bond acceptors (Lipinski definition) is 4. The lowest BCUT2D eigenvalue weighted by molar-refractivity contribution is 1.07. The van der Waals surface area contributed by atoms with Crippen molar-refractivity contribution < 1.29 is 0 Å². The fourth-order valence-corrected chi connectivity index (χ4v) is 5.85. The van der Waals surface area contributed by atoms with Gasteiger partial charge in [0.2, 0.25) is 0 Å². The van der Waals surface area contributed by atoms with E-state index in [0.717, 1.165) is 44.5 Å². The Morgan fingerprint density at radius 3 is 1.29 bits per heavy atom. The fourth-order valence-electron chi connectivity index (χ4n) is 5.85. The van der Waals surface area contributed by atoms with Gasteiger partial charge in [-0.3, -0.25) is 0 Å². The van der Waals surface area contributed by atoms with Gasteiger partial charge in [-0.05, 0) is 70.1 Å². The minimum Gasteiger partial charge on any atom is -0.310 e. The van der Waals surface area contributed by atoms with Crippen LogP contribution >= 0.6 is 0 Å². The quantitative estimate of drug-likeness (QED) is 0.197. The van der Waals surface area contributed by atoms with Gasteiger partial charge in [0.25, 0.3) is 0 Å². The van der Waals surface area contributed by atoms with Crippen LogP contribution < -0.4 is 4.90 Å². The van der Waals surface area contributed by atoms with Crippen molar-refractivity contribution in [3.63, 3.8) is 0 Å². The Labute approximate surface area is 261 Å². The molecule has 8 aromatic rings. The van der Waals surface area contributed by atoms with Gasteiger partial charge in [0.1, 0.15) is 0 Å². The molecule has 0 radical (unpaired) electrons. The van der Waals surface area contributed by atoms with E-state index >= 15 is 0 Å². The predicted octanol–water partition coefficient (Wildman–Crippen LogP) is 10.6. The second-order valence-corrected chi connectivity index (χ2v) is 11.0. The Morgan fingerprint density at radius 2 is 0.756 bits per heavy atom. The van der Waals surface area contributed by atoms with Crippen LogP contribution in [0.15, 0.2) is 170 Å². The van der Waals surface area contributed by atoms with Gasteiger partial charge in [0, 0.05) is 28.1 Å². The molecule has 4 heteroatoms. The summed E-state index contributed by atoms with van der Waals surface area (Å²) < 4.78 is 0. The number of anilines is 3. The van der Waals surface area contributed by atoms with E-state index in [-0.39, 0.29) is 0 Å². The van der Waals surface area contributed by atoms with E-state index in [1.165, 1.54) is 10.8 Å². The number of benzene rings is 7. The zero-order chi connectivity index (χ0) is 30.0. The maximum Gasteiger partial charge on any atom is 0.166 e. The molecule has 45 heavy (non-hydrogen) atoms. The highest BCUT2D eigenvalue weighted by atomic mass is 15.1. The molecule has 1 heterocycles. The third-order valence-electron chi connectivity index (χ3n) is 8.07. The molecule has 8 rings (SSSR count). The van der Waals surface area contributed by atoms with Gasteiger partial charge < -0.3 is 4.90 Å². The van der Waals surface area contributed by atoms with E-state index in [9.17, 15) is 0 Å². The van der Waals surface area contributed by atoms with Crippen molar-refractivity contribution in [2.75, 3.05) is 4.90 Å². The molecule has 0 aliphatic heterocycles. The highest BCUT2D eigenvalue weighted by molar-refractivity contribution is 5.90. The molecule has 0 spiro atoms. The number of fused-ring (bicyclic) bond motifs is 2. The number of aromatic nitrogens is 3. The normalized spacial score (nSPS) is 11.1. The summed E-state index contributed by atoms with van der Waals surface area (Å²) >= 11 is 0. The monoisotopic (exact) mass is 576 g/mol. The topological polar surface area (TPSA) is 41.9 Å². The first-order chi connectivity index (χ1) is 22.3. The van der Waals surface area contributed by atoms with E-state index < -0.39 is 0 Å². The average molecular weight is 577 g/mol. The molecule has 0 saturated carbocycles. The Kier molecular flexibility index (Phi) is 6.78. The maximum absolute atomic E-state index is 5.15. The number of para-hydroxylation sites is 3. The van der Waals surface area contributed by atoms with Crippen molar-refractivity contribution in [1.82, 2.24) is 15.0 Å². The standard InChI is InChI=1S/C41H28N4/c1-3-17-35(18-4-1)45(36-19-5-2-6-20-36)38-22-12-11-21-37(38)41-43-39(33-25-23-29-13-7-9-15-31(29)27-33)42-40(44-41)34-26-24-30-14-8-10-16-32(30)28-34/h1-28H. The van der Waals surface area contributed by atoms with Gasteiger partial charge in [-0.1, -0.05) is 121 Å². The van der Waals surface area contributed by atoms with E-state index in [4.69, 9.17) is 15.0 Å². The van der Waals surface area contributed by atoms with Crippen molar-refractivity contribution >= 4 is 38.6 Å². The Hall–Kier alpha value is -6.13. The summed E-state index contributed by atoms with van der Waals surface area (Å²) in [4.78, 5) is 17.6. The molecule has 0 atom stereocenters. The second-order valence-electron chi connectivity index (χ2n) is 11.0. The van der Waals surface area contributed by atoms with E-state index in [1.54, 1.807) is 0 Å². The summed E-state index contributed by atoms with van der Waals surface area (Å²) in [5.41, 5.74) is 5.89. The van der Waals surface area contributed by atoms with Crippen LogP contribution in [0.1, 0.15) is 0 Å². The van der Waals surface area contributed by atoms with Crippen LogP contribution in [0.25, 0.3) is 55.7 Å². The molecule has 4 nitrogen and oxygen atoms in total. The van der Waals surface area contributed by atoms with Crippen LogP contribution in [0.3, 0.4) is 0 Å². The first kappa shape index (κ1) is 26.5. The van der Waals surface area contributed by atoms with Crippen LogP contribution in [0.4, 0.5) is 17.1 Å². The largest absolute Gasteiger partial charge is 0.310 e. The van der Waals surface area contributed by atoms with Gasteiger partial charge >= 0.3 is 0 Å². The molecule has 0 aliphatic carbocycles. The van der Waals surface area contributed by atoms with Gasteiger partial charge in [-0.15, -0.1) is 0 Å². The van der Waals surface area contributed by atoms with Crippen LogP contribution in [0, 0.1) is 0 Å². The van der Waals surface area contributed by atoms with Crippen molar-refractivity contribution in [3.05, 3.63) is 170 Å². The zero-order valence-electron chi connectivity index (χ0n) is 24.5. The minimum absolute atomic E-state index is 0.615. The van der Waals surface area contributed by atoms with Gasteiger partial charge in [0.15, 0.2) is 17.5 Å². The van der Waals surface area contributed by atoms with Crippen molar-refractivity contribution in [3.8, 4) is 34.2 Å². The lowest BCUT2D eigenvalue weighted by Crippen LogP contribution is -2.12. The Morgan fingerprint density at radius 1 is 0.333 bits per heavy atom. The number of hydrogen-bond donors (Lipinski definition) is 0. The summed E-state index contributed by atoms with van der Waals surface area (Å²) in [7, 11) is 0. The molecule has 0 saturated heterocycles.